The summed E-state index contributed by atoms with van der Waals surface area (Å²) in [5.74, 6) is 1.33. The van der Waals surface area contributed by atoms with Gasteiger partial charge < -0.3 is 19.3 Å². The molecular weight excluding hydrogens is 454 g/mol. The molecule has 2 fully saturated rings. The Balaban J connectivity index is 1.38. The predicted octanol–water partition coefficient (Wildman–Crippen LogP) is 2.67. The molecule has 0 bridgehead atoms. The Morgan fingerprint density at radius 1 is 1.09 bits per heavy atom. The van der Waals surface area contributed by atoms with E-state index in [-0.39, 0.29) is 25.7 Å². The first-order chi connectivity index (χ1) is 16.2. The number of aryl methyl sites for hydroxylation is 2. The zero-order valence-corrected chi connectivity index (χ0v) is 22.0. The third kappa shape index (κ3) is 6.93. The van der Waals surface area contributed by atoms with Crippen LogP contribution in [0.1, 0.15) is 43.2 Å². The number of piperidine rings is 1. The highest BCUT2D eigenvalue weighted by atomic mass is 32.2. The van der Waals surface area contributed by atoms with E-state index in [4.69, 9.17) is 9.47 Å². The second kappa shape index (κ2) is 12.3. The molecule has 0 aliphatic carbocycles. The number of hydrogen-bond donors (Lipinski definition) is 0. The zero-order valence-electron chi connectivity index (χ0n) is 21.2. The van der Waals surface area contributed by atoms with E-state index in [9.17, 15) is 13.2 Å². The number of methoxy groups -OCH3 is 1. The predicted molar refractivity (Wildman–Crippen MR) is 133 cm³/mol. The zero-order chi connectivity index (χ0) is 24.7. The summed E-state index contributed by atoms with van der Waals surface area (Å²) in [6, 6.07) is 3.44. The number of amides is 1. The lowest BCUT2D eigenvalue weighted by Gasteiger charge is -2.32. The van der Waals surface area contributed by atoms with Crippen LogP contribution in [-0.4, -0.2) is 95.1 Å². The molecule has 2 heterocycles. The highest BCUT2D eigenvalue weighted by Gasteiger charge is 2.26. The van der Waals surface area contributed by atoms with Crippen LogP contribution in [0.5, 0.6) is 5.75 Å². The van der Waals surface area contributed by atoms with Crippen molar-refractivity contribution in [1.29, 1.82) is 0 Å². The molecule has 0 aromatic heterocycles. The molecular formula is C25H41N3O5S. The van der Waals surface area contributed by atoms with Crippen molar-refractivity contribution in [1.82, 2.24) is 14.1 Å². The molecule has 2 saturated heterocycles. The Hall–Kier alpha value is -1.68. The minimum atomic E-state index is -3.67. The van der Waals surface area contributed by atoms with Crippen LogP contribution in [0, 0.1) is 19.8 Å². The van der Waals surface area contributed by atoms with Crippen molar-refractivity contribution in [2.75, 3.05) is 66.6 Å². The summed E-state index contributed by atoms with van der Waals surface area (Å²) >= 11 is 0. The lowest BCUT2D eigenvalue weighted by Crippen LogP contribution is -2.41. The Kier molecular flexibility index (Phi) is 9.76. The van der Waals surface area contributed by atoms with Gasteiger partial charge in [0.1, 0.15) is 12.4 Å². The Labute approximate surface area is 205 Å². The molecule has 2 aliphatic rings. The number of sulfonamides is 1. The third-order valence-corrected chi connectivity index (χ3v) is 9.30. The van der Waals surface area contributed by atoms with Gasteiger partial charge in [-0.2, -0.15) is 4.31 Å². The summed E-state index contributed by atoms with van der Waals surface area (Å²) in [7, 11) is -0.567. The summed E-state index contributed by atoms with van der Waals surface area (Å²) in [6.07, 6.45) is 6.00. The van der Waals surface area contributed by atoms with Gasteiger partial charge in [0, 0.05) is 26.7 Å². The van der Waals surface area contributed by atoms with Crippen molar-refractivity contribution in [3.8, 4) is 5.75 Å². The number of carbonyl (C=O) groups excluding carboxylic acids is 1. The fraction of sp³-hybridized carbons (Fsp3) is 0.720. The van der Waals surface area contributed by atoms with Gasteiger partial charge in [-0.1, -0.05) is 0 Å². The normalized spacial score (nSPS) is 18.1. The molecule has 0 spiro atoms. The lowest BCUT2D eigenvalue weighted by molar-refractivity contribution is -0.137. The summed E-state index contributed by atoms with van der Waals surface area (Å²) in [6.45, 7) is 9.12. The second-order valence-corrected chi connectivity index (χ2v) is 11.6. The van der Waals surface area contributed by atoms with Crippen LogP contribution in [0.4, 0.5) is 0 Å². The number of carbonyl (C=O) groups is 1. The van der Waals surface area contributed by atoms with Gasteiger partial charge in [-0.05, 0) is 94.8 Å². The molecule has 0 radical (unpaired) electrons. The number of rotatable bonds is 11. The largest absolute Gasteiger partial charge is 0.497 e. The second-order valence-electron chi connectivity index (χ2n) is 9.63. The SMILES string of the molecule is COc1cc(C)c(S(=O)(=O)N(C)CCOCC(=O)N2CCC(CCN3CCCC3)CC2)c(C)c1. The molecule has 192 valence electrons. The summed E-state index contributed by atoms with van der Waals surface area (Å²) in [5.41, 5.74) is 1.28. The minimum Gasteiger partial charge on any atom is -0.497 e. The highest BCUT2D eigenvalue weighted by molar-refractivity contribution is 7.89. The smallest absolute Gasteiger partial charge is 0.248 e. The summed E-state index contributed by atoms with van der Waals surface area (Å²) in [4.78, 5) is 17.3. The van der Waals surface area contributed by atoms with Gasteiger partial charge in [0.25, 0.3) is 0 Å². The quantitative estimate of drug-likeness (QED) is 0.439. The van der Waals surface area contributed by atoms with E-state index in [1.54, 1.807) is 33.1 Å². The van der Waals surface area contributed by atoms with Crippen molar-refractivity contribution in [3.05, 3.63) is 23.3 Å². The number of ether oxygens (including phenoxy) is 2. The van der Waals surface area contributed by atoms with E-state index < -0.39 is 10.0 Å². The van der Waals surface area contributed by atoms with Gasteiger partial charge in [0.2, 0.25) is 15.9 Å². The standard InChI is InChI=1S/C25H41N3O5S/c1-20-17-23(32-4)18-21(2)25(20)34(30,31)26(3)15-16-33-19-24(29)28-13-8-22(9-14-28)7-12-27-10-5-6-11-27/h17-18,22H,5-16,19H2,1-4H3. The van der Waals surface area contributed by atoms with Crippen LogP contribution in [0.25, 0.3) is 0 Å². The van der Waals surface area contributed by atoms with Crippen molar-refractivity contribution in [2.24, 2.45) is 5.92 Å². The number of hydrogen-bond acceptors (Lipinski definition) is 6. The first-order valence-corrected chi connectivity index (χ1v) is 13.9. The molecule has 8 nitrogen and oxygen atoms in total. The van der Waals surface area contributed by atoms with E-state index in [1.807, 2.05) is 4.90 Å². The molecule has 3 rings (SSSR count). The molecule has 0 unspecified atom stereocenters. The van der Waals surface area contributed by atoms with E-state index in [0.717, 1.165) is 25.9 Å². The van der Waals surface area contributed by atoms with Gasteiger partial charge >= 0.3 is 0 Å². The Morgan fingerprint density at radius 3 is 2.29 bits per heavy atom. The minimum absolute atomic E-state index is 0.00702. The van der Waals surface area contributed by atoms with Gasteiger partial charge in [0.15, 0.2) is 0 Å². The average Bonchev–Trinajstić information content (AvgIpc) is 3.33. The number of nitrogens with zero attached hydrogens (tertiary/aromatic N) is 3. The molecule has 0 N–H and O–H groups in total. The molecule has 1 amide bonds. The van der Waals surface area contributed by atoms with Crippen molar-refractivity contribution in [2.45, 2.75) is 50.8 Å². The lowest BCUT2D eigenvalue weighted by atomic mass is 9.93. The molecule has 0 saturated carbocycles. The number of benzene rings is 1. The van der Waals surface area contributed by atoms with Gasteiger partial charge in [0.05, 0.1) is 18.6 Å². The van der Waals surface area contributed by atoms with E-state index in [2.05, 4.69) is 4.90 Å². The number of likely N-dealkylation sites (N-methyl/N-ethyl adjacent to an activating group) is 1. The van der Waals surface area contributed by atoms with Crippen LogP contribution in [-0.2, 0) is 19.6 Å². The topological polar surface area (TPSA) is 79.4 Å². The van der Waals surface area contributed by atoms with E-state index >= 15 is 0 Å². The van der Waals surface area contributed by atoms with Crippen molar-refractivity contribution >= 4 is 15.9 Å². The van der Waals surface area contributed by atoms with Gasteiger partial charge in [-0.15, -0.1) is 0 Å². The monoisotopic (exact) mass is 495 g/mol. The molecule has 0 atom stereocenters. The fourth-order valence-electron chi connectivity index (χ4n) is 5.00. The van der Waals surface area contributed by atoms with Gasteiger partial charge in [-0.25, -0.2) is 8.42 Å². The van der Waals surface area contributed by atoms with Crippen LogP contribution in [0.3, 0.4) is 0 Å². The maximum atomic E-state index is 13.1. The number of likely N-dealkylation sites (tertiary alicyclic amines) is 2. The highest BCUT2D eigenvalue weighted by Crippen LogP contribution is 2.27. The molecule has 34 heavy (non-hydrogen) atoms. The molecule has 1 aromatic rings. The van der Waals surface area contributed by atoms with E-state index in [0.29, 0.717) is 27.7 Å². The maximum Gasteiger partial charge on any atom is 0.248 e. The Morgan fingerprint density at radius 2 is 1.71 bits per heavy atom. The van der Waals surface area contributed by atoms with Crippen LogP contribution in [0.15, 0.2) is 17.0 Å². The van der Waals surface area contributed by atoms with E-state index in [1.165, 1.54) is 50.2 Å². The first kappa shape index (κ1) is 26.9. The maximum absolute atomic E-state index is 13.1. The molecule has 9 heteroatoms. The average molecular weight is 496 g/mol. The van der Waals surface area contributed by atoms with Crippen LogP contribution in [0.2, 0.25) is 0 Å². The van der Waals surface area contributed by atoms with Crippen molar-refractivity contribution in [3.63, 3.8) is 0 Å². The molecule has 2 aliphatic heterocycles. The van der Waals surface area contributed by atoms with Crippen LogP contribution >= 0.6 is 0 Å². The fourth-order valence-corrected chi connectivity index (χ4v) is 6.56. The van der Waals surface area contributed by atoms with Crippen molar-refractivity contribution < 1.29 is 22.7 Å². The summed E-state index contributed by atoms with van der Waals surface area (Å²) < 4.78 is 38.2. The van der Waals surface area contributed by atoms with Gasteiger partial charge in [-0.3, -0.25) is 4.79 Å². The third-order valence-electron chi connectivity index (χ3n) is 7.13. The first-order valence-electron chi connectivity index (χ1n) is 12.4. The summed E-state index contributed by atoms with van der Waals surface area (Å²) in [5, 5.41) is 0. The Bertz CT molecular complexity index is 899. The van der Waals surface area contributed by atoms with Crippen LogP contribution < -0.4 is 4.74 Å². The molecule has 1 aromatic carbocycles.